The zero-order chi connectivity index (χ0) is 19.0. The summed E-state index contributed by atoms with van der Waals surface area (Å²) in [5.74, 6) is 0.0307. The zero-order valence-electron chi connectivity index (χ0n) is 14.5. The summed E-state index contributed by atoms with van der Waals surface area (Å²) in [5.41, 5.74) is 2.02. The number of aryl methyl sites for hydroxylation is 1. The molecule has 0 saturated heterocycles. The molecule has 4 rings (SSSR count). The molecule has 3 aromatic rings. The number of nitrogens with zero attached hydrogens (tertiary/aromatic N) is 1. The van der Waals surface area contributed by atoms with E-state index in [4.69, 9.17) is 0 Å². The van der Waals surface area contributed by atoms with Crippen LogP contribution in [-0.4, -0.2) is 24.5 Å². The Balaban J connectivity index is 1.62. The largest absolute Gasteiger partial charge is 0.309 e. The number of amides is 1. The molecule has 0 spiro atoms. The lowest BCUT2D eigenvalue weighted by molar-refractivity contribution is -0.115. The van der Waals surface area contributed by atoms with Gasteiger partial charge in [0.2, 0.25) is 5.91 Å². The fourth-order valence-corrected chi connectivity index (χ4v) is 5.60. The number of fused-ring (bicyclic) bond motifs is 1. The quantitative estimate of drug-likeness (QED) is 0.608. The number of anilines is 1. The molecule has 0 aliphatic carbocycles. The van der Waals surface area contributed by atoms with E-state index in [-0.39, 0.29) is 23.0 Å². The molecule has 3 N–H and O–H groups in total. The second-order valence-corrected chi connectivity index (χ2v) is 9.46. The first kappa shape index (κ1) is 17.9. The standard InChI is InChI=1S/C18H18N4O3S2/c1-11-4-2-6-13(8-11)27(24,25)18-16-14(10-19-18)21-22-17(16)20-15(23)9-12-5-3-7-26-12/h2-8,18-19H,9-10H2,1H3,(H2,20,21,22,23). The fraction of sp³-hybridized carbons (Fsp3) is 0.222. The van der Waals surface area contributed by atoms with E-state index in [9.17, 15) is 13.2 Å². The average Bonchev–Trinajstić information content (AvgIpc) is 3.34. The molecule has 0 bridgehead atoms. The maximum absolute atomic E-state index is 13.1. The number of rotatable bonds is 5. The van der Waals surface area contributed by atoms with Crippen LogP contribution in [0.15, 0.2) is 46.7 Å². The Hall–Kier alpha value is -2.49. The minimum Gasteiger partial charge on any atom is -0.309 e. The zero-order valence-corrected chi connectivity index (χ0v) is 16.2. The molecule has 1 unspecified atom stereocenters. The number of nitrogens with one attached hydrogen (secondary N) is 3. The third kappa shape index (κ3) is 3.41. The summed E-state index contributed by atoms with van der Waals surface area (Å²) in [6.07, 6.45) is 0.224. The minimum atomic E-state index is -3.67. The van der Waals surface area contributed by atoms with Gasteiger partial charge in [-0.05, 0) is 36.1 Å². The van der Waals surface area contributed by atoms with Crippen molar-refractivity contribution in [3.63, 3.8) is 0 Å². The van der Waals surface area contributed by atoms with E-state index in [2.05, 4.69) is 20.8 Å². The topological polar surface area (TPSA) is 104 Å². The summed E-state index contributed by atoms with van der Waals surface area (Å²) >= 11 is 1.50. The van der Waals surface area contributed by atoms with Gasteiger partial charge in [0.05, 0.1) is 22.6 Å². The number of carbonyl (C=O) groups excluding carboxylic acids is 1. The Morgan fingerprint density at radius 2 is 2.19 bits per heavy atom. The number of H-pyrrole nitrogens is 1. The highest BCUT2D eigenvalue weighted by molar-refractivity contribution is 7.91. The van der Waals surface area contributed by atoms with Crippen LogP contribution < -0.4 is 10.6 Å². The van der Waals surface area contributed by atoms with Crippen molar-refractivity contribution in [3.05, 3.63) is 63.5 Å². The van der Waals surface area contributed by atoms with Crippen molar-refractivity contribution < 1.29 is 13.2 Å². The molecule has 9 heteroatoms. The van der Waals surface area contributed by atoms with Crippen LogP contribution in [0.5, 0.6) is 0 Å². The van der Waals surface area contributed by atoms with Crippen molar-refractivity contribution in [2.45, 2.75) is 30.2 Å². The van der Waals surface area contributed by atoms with Gasteiger partial charge < -0.3 is 5.32 Å². The highest BCUT2D eigenvalue weighted by atomic mass is 32.2. The third-order valence-electron chi connectivity index (χ3n) is 4.41. The predicted octanol–water partition coefficient (Wildman–Crippen LogP) is 2.54. The van der Waals surface area contributed by atoms with Gasteiger partial charge in [0.1, 0.15) is 5.37 Å². The van der Waals surface area contributed by atoms with Crippen LogP contribution in [0.25, 0.3) is 0 Å². The highest BCUT2D eigenvalue weighted by Crippen LogP contribution is 2.37. The molecule has 1 aromatic carbocycles. The van der Waals surface area contributed by atoms with E-state index >= 15 is 0 Å². The van der Waals surface area contributed by atoms with Crippen LogP contribution >= 0.6 is 11.3 Å². The predicted molar refractivity (Wildman–Crippen MR) is 103 cm³/mol. The van der Waals surface area contributed by atoms with E-state index in [1.54, 1.807) is 18.2 Å². The Morgan fingerprint density at radius 3 is 2.93 bits per heavy atom. The van der Waals surface area contributed by atoms with Crippen LogP contribution in [0.3, 0.4) is 0 Å². The fourth-order valence-electron chi connectivity index (χ4n) is 3.14. The van der Waals surface area contributed by atoms with Gasteiger partial charge >= 0.3 is 0 Å². The molecule has 7 nitrogen and oxygen atoms in total. The summed E-state index contributed by atoms with van der Waals surface area (Å²) in [5, 5.41) is 13.7. The number of hydrogen-bond donors (Lipinski definition) is 3. The van der Waals surface area contributed by atoms with Crippen LogP contribution in [0, 0.1) is 6.92 Å². The number of aromatic nitrogens is 2. The number of benzene rings is 1. The lowest BCUT2D eigenvalue weighted by Crippen LogP contribution is -2.24. The van der Waals surface area contributed by atoms with Crippen molar-refractivity contribution >= 4 is 32.9 Å². The number of hydrogen-bond acceptors (Lipinski definition) is 6. The SMILES string of the molecule is Cc1cccc(S(=O)(=O)C2NCc3[nH]nc(NC(=O)Cc4cccs4)c32)c1. The molecular formula is C18H18N4O3S2. The molecule has 1 aliphatic heterocycles. The second kappa shape index (κ2) is 6.91. The van der Waals surface area contributed by atoms with E-state index in [1.807, 2.05) is 30.5 Å². The van der Waals surface area contributed by atoms with Gasteiger partial charge in [0, 0.05) is 11.4 Å². The van der Waals surface area contributed by atoms with E-state index in [0.29, 0.717) is 17.8 Å². The second-order valence-electron chi connectivity index (χ2n) is 6.39. The van der Waals surface area contributed by atoms with Crippen molar-refractivity contribution in [1.29, 1.82) is 0 Å². The Labute approximate surface area is 160 Å². The number of aromatic amines is 1. The van der Waals surface area contributed by atoms with Gasteiger partial charge in [-0.3, -0.25) is 15.2 Å². The number of thiophene rings is 1. The maximum Gasteiger partial charge on any atom is 0.230 e. The normalized spacial score (nSPS) is 16.3. The average molecular weight is 403 g/mol. The van der Waals surface area contributed by atoms with Crippen LogP contribution in [0.4, 0.5) is 5.82 Å². The van der Waals surface area contributed by atoms with Gasteiger partial charge in [-0.15, -0.1) is 11.3 Å². The van der Waals surface area contributed by atoms with Crippen LogP contribution in [0.1, 0.15) is 27.1 Å². The van der Waals surface area contributed by atoms with Crippen LogP contribution in [0.2, 0.25) is 0 Å². The first-order chi connectivity index (χ1) is 12.9. The van der Waals surface area contributed by atoms with Gasteiger partial charge in [0.15, 0.2) is 15.7 Å². The summed E-state index contributed by atoms with van der Waals surface area (Å²) in [7, 11) is -3.67. The van der Waals surface area contributed by atoms with Crippen molar-refractivity contribution in [2.75, 3.05) is 5.32 Å². The van der Waals surface area contributed by atoms with E-state index in [0.717, 1.165) is 10.4 Å². The molecule has 1 atom stereocenters. The Bertz CT molecular complexity index is 1090. The smallest absolute Gasteiger partial charge is 0.230 e. The molecule has 27 heavy (non-hydrogen) atoms. The van der Waals surface area contributed by atoms with Crippen molar-refractivity contribution in [1.82, 2.24) is 15.5 Å². The molecule has 1 amide bonds. The third-order valence-corrected chi connectivity index (χ3v) is 7.22. The number of sulfone groups is 1. The van der Waals surface area contributed by atoms with E-state index < -0.39 is 15.2 Å². The maximum atomic E-state index is 13.1. The Kier molecular flexibility index (Phi) is 4.58. The summed E-state index contributed by atoms with van der Waals surface area (Å²) in [6, 6.07) is 10.6. The molecule has 3 heterocycles. The summed E-state index contributed by atoms with van der Waals surface area (Å²) < 4.78 is 26.3. The van der Waals surface area contributed by atoms with Crippen molar-refractivity contribution in [3.8, 4) is 0 Å². The van der Waals surface area contributed by atoms with Crippen LogP contribution in [-0.2, 0) is 27.6 Å². The molecule has 1 aliphatic rings. The van der Waals surface area contributed by atoms with Gasteiger partial charge in [0.25, 0.3) is 0 Å². The highest BCUT2D eigenvalue weighted by Gasteiger charge is 2.38. The molecule has 0 radical (unpaired) electrons. The van der Waals surface area contributed by atoms with Gasteiger partial charge in [-0.1, -0.05) is 18.2 Å². The first-order valence-electron chi connectivity index (χ1n) is 8.38. The lowest BCUT2D eigenvalue weighted by atomic mass is 10.2. The molecule has 0 fully saturated rings. The summed E-state index contributed by atoms with van der Waals surface area (Å²) in [6.45, 7) is 2.19. The van der Waals surface area contributed by atoms with Crippen molar-refractivity contribution in [2.24, 2.45) is 0 Å². The lowest BCUT2D eigenvalue weighted by Gasteiger charge is -2.15. The molecule has 2 aromatic heterocycles. The Morgan fingerprint density at radius 1 is 1.33 bits per heavy atom. The first-order valence-corrected chi connectivity index (χ1v) is 10.8. The van der Waals surface area contributed by atoms with Gasteiger partial charge in [-0.2, -0.15) is 5.10 Å². The minimum absolute atomic E-state index is 0.224. The van der Waals surface area contributed by atoms with Gasteiger partial charge in [-0.25, -0.2) is 8.42 Å². The molecular weight excluding hydrogens is 384 g/mol. The monoisotopic (exact) mass is 402 g/mol. The van der Waals surface area contributed by atoms with E-state index in [1.165, 1.54) is 11.3 Å². The molecule has 0 saturated carbocycles. The number of carbonyl (C=O) groups is 1. The summed E-state index contributed by atoms with van der Waals surface area (Å²) in [4.78, 5) is 13.5. The molecule has 140 valence electrons.